The van der Waals surface area contributed by atoms with E-state index in [1.54, 1.807) is 20.8 Å². The number of carboxylic acids is 1. The van der Waals surface area contributed by atoms with Crippen molar-refractivity contribution in [1.82, 2.24) is 4.72 Å². The van der Waals surface area contributed by atoms with Gasteiger partial charge >= 0.3 is 5.97 Å². The van der Waals surface area contributed by atoms with Crippen molar-refractivity contribution in [3.63, 3.8) is 0 Å². The van der Waals surface area contributed by atoms with Gasteiger partial charge in [0.2, 0.25) is 10.0 Å². The van der Waals surface area contributed by atoms with Gasteiger partial charge in [0.05, 0.1) is 16.8 Å². The molecule has 1 fully saturated rings. The molecule has 0 aliphatic carbocycles. The molecule has 7 nitrogen and oxygen atoms in total. The van der Waals surface area contributed by atoms with Crippen molar-refractivity contribution < 1.29 is 26.7 Å². The predicted molar refractivity (Wildman–Crippen MR) is 70.0 cm³/mol. The summed E-state index contributed by atoms with van der Waals surface area (Å²) in [5.41, 5.74) is -0.809. The van der Waals surface area contributed by atoms with Crippen molar-refractivity contribution in [2.24, 2.45) is 5.41 Å². The number of sulfonamides is 1. The van der Waals surface area contributed by atoms with Gasteiger partial charge in [0.15, 0.2) is 9.84 Å². The first kappa shape index (κ1) is 16.4. The topological polar surface area (TPSA) is 118 Å². The van der Waals surface area contributed by atoms with Gasteiger partial charge in [-0.05, 0) is 11.8 Å². The highest BCUT2D eigenvalue weighted by Crippen LogP contribution is 2.23. The summed E-state index contributed by atoms with van der Waals surface area (Å²) in [6.45, 7) is 4.79. The fraction of sp³-hybridized carbons (Fsp3) is 0.900. The summed E-state index contributed by atoms with van der Waals surface area (Å²) in [6.07, 6.45) is 0.00808. The Hall–Kier alpha value is -0.670. The number of rotatable bonds is 4. The molecule has 0 radical (unpaired) electrons. The Morgan fingerprint density at radius 2 is 1.89 bits per heavy atom. The highest BCUT2D eigenvalue weighted by atomic mass is 32.2. The van der Waals surface area contributed by atoms with Crippen LogP contribution >= 0.6 is 0 Å². The van der Waals surface area contributed by atoms with Gasteiger partial charge in [0.25, 0.3) is 0 Å². The van der Waals surface area contributed by atoms with Crippen molar-refractivity contribution >= 4 is 25.8 Å². The largest absolute Gasteiger partial charge is 0.480 e. The Morgan fingerprint density at radius 3 is 2.21 bits per heavy atom. The summed E-state index contributed by atoms with van der Waals surface area (Å²) >= 11 is 0. The van der Waals surface area contributed by atoms with E-state index in [0.29, 0.717) is 0 Å². The highest BCUT2D eigenvalue weighted by molar-refractivity contribution is 7.95. The molecular weight excluding hydrogens is 294 g/mol. The lowest BCUT2D eigenvalue weighted by molar-refractivity contribution is -0.141. The third-order valence-corrected chi connectivity index (χ3v) is 6.85. The molecule has 1 rings (SSSR count). The van der Waals surface area contributed by atoms with Crippen molar-refractivity contribution in [3.05, 3.63) is 0 Å². The van der Waals surface area contributed by atoms with Gasteiger partial charge < -0.3 is 5.11 Å². The van der Waals surface area contributed by atoms with E-state index in [1.165, 1.54) is 0 Å². The van der Waals surface area contributed by atoms with Crippen molar-refractivity contribution in [1.29, 1.82) is 0 Å². The number of aliphatic carboxylic acids is 1. The minimum absolute atomic E-state index is 0.00808. The molecule has 0 spiro atoms. The van der Waals surface area contributed by atoms with E-state index < -0.39 is 48.3 Å². The smallest absolute Gasteiger partial charge is 0.322 e. The first-order valence-electron chi connectivity index (χ1n) is 5.79. The molecule has 0 aromatic carbocycles. The molecule has 0 amide bonds. The SMILES string of the molecule is CC(C)(C)[C@@H](NS(=O)(=O)C1CCS(=O)(=O)C1)C(=O)O. The van der Waals surface area contributed by atoms with Gasteiger partial charge in [0, 0.05) is 0 Å². The van der Waals surface area contributed by atoms with Crippen LogP contribution in [0.3, 0.4) is 0 Å². The fourth-order valence-corrected chi connectivity index (χ4v) is 6.30. The number of hydrogen-bond donors (Lipinski definition) is 2. The molecule has 1 unspecified atom stereocenters. The Kier molecular flexibility index (Phi) is 4.33. The van der Waals surface area contributed by atoms with Crippen molar-refractivity contribution in [2.45, 2.75) is 38.5 Å². The van der Waals surface area contributed by atoms with E-state index >= 15 is 0 Å². The summed E-state index contributed by atoms with van der Waals surface area (Å²) in [5, 5.41) is 8.00. The predicted octanol–water partition coefficient (Wildman–Crippen LogP) is -0.408. The zero-order valence-electron chi connectivity index (χ0n) is 11.1. The Morgan fingerprint density at radius 1 is 1.37 bits per heavy atom. The van der Waals surface area contributed by atoms with Crippen LogP contribution in [0.4, 0.5) is 0 Å². The van der Waals surface area contributed by atoms with Crippen LogP contribution in [-0.4, -0.2) is 50.7 Å². The molecule has 19 heavy (non-hydrogen) atoms. The molecule has 0 aromatic heterocycles. The minimum atomic E-state index is -3.97. The molecule has 0 aromatic rings. The lowest BCUT2D eigenvalue weighted by atomic mass is 9.88. The van der Waals surface area contributed by atoms with Crippen molar-refractivity contribution in [3.8, 4) is 0 Å². The summed E-state index contributed by atoms with van der Waals surface area (Å²) in [5.74, 6) is -1.90. The third-order valence-electron chi connectivity index (χ3n) is 3.02. The maximum absolute atomic E-state index is 12.0. The number of carboxylic acid groups (broad SMARTS) is 1. The Bertz CT molecular complexity index is 557. The van der Waals surface area contributed by atoms with Crippen LogP contribution in [-0.2, 0) is 24.7 Å². The molecule has 0 saturated carbocycles. The fourth-order valence-electron chi connectivity index (χ4n) is 1.86. The molecule has 112 valence electrons. The zero-order valence-corrected chi connectivity index (χ0v) is 12.7. The van der Waals surface area contributed by atoms with Crippen LogP contribution in [0.15, 0.2) is 0 Å². The van der Waals surface area contributed by atoms with Crippen molar-refractivity contribution in [2.75, 3.05) is 11.5 Å². The molecular formula is C10H19NO6S2. The maximum atomic E-state index is 12.0. The number of hydrogen-bond acceptors (Lipinski definition) is 5. The number of carbonyl (C=O) groups is 1. The second-order valence-corrected chi connectivity index (χ2v) is 10.0. The van der Waals surface area contributed by atoms with Gasteiger partial charge in [-0.2, -0.15) is 0 Å². The zero-order chi connectivity index (χ0) is 15.1. The second-order valence-electron chi connectivity index (χ2n) is 5.83. The van der Waals surface area contributed by atoms with Gasteiger partial charge in [0.1, 0.15) is 6.04 Å². The number of sulfone groups is 1. The van der Waals surface area contributed by atoms with Gasteiger partial charge in [-0.1, -0.05) is 20.8 Å². The summed E-state index contributed by atoms with van der Waals surface area (Å²) in [7, 11) is -7.31. The average Bonchev–Trinajstić information content (AvgIpc) is 2.54. The molecule has 1 heterocycles. The van der Waals surface area contributed by atoms with E-state index in [-0.39, 0.29) is 12.2 Å². The van der Waals surface area contributed by atoms with Crippen LogP contribution < -0.4 is 4.72 Å². The standard InChI is InChI=1S/C10H19NO6S2/c1-10(2,3)8(9(12)13)11-19(16,17)7-4-5-18(14,15)6-7/h7-8,11H,4-6H2,1-3H3,(H,12,13)/t7?,8-/m0/s1. The van der Waals surface area contributed by atoms with Crippen LogP contribution in [0, 0.1) is 5.41 Å². The van der Waals surface area contributed by atoms with Gasteiger partial charge in [-0.15, -0.1) is 0 Å². The normalized spacial score (nSPS) is 25.1. The van der Waals surface area contributed by atoms with Crippen LogP contribution in [0.1, 0.15) is 27.2 Å². The lowest BCUT2D eigenvalue weighted by Gasteiger charge is -2.28. The van der Waals surface area contributed by atoms with Gasteiger partial charge in [-0.25, -0.2) is 21.6 Å². The van der Waals surface area contributed by atoms with E-state index in [9.17, 15) is 21.6 Å². The average molecular weight is 313 g/mol. The van der Waals surface area contributed by atoms with E-state index in [4.69, 9.17) is 5.11 Å². The Balaban J connectivity index is 2.94. The van der Waals surface area contributed by atoms with E-state index in [1.807, 2.05) is 0 Å². The monoisotopic (exact) mass is 313 g/mol. The molecule has 2 atom stereocenters. The molecule has 0 bridgehead atoms. The molecule has 1 aliphatic heterocycles. The third kappa shape index (κ3) is 4.15. The number of nitrogens with one attached hydrogen (secondary N) is 1. The van der Waals surface area contributed by atoms with Crippen LogP contribution in [0.5, 0.6) is 0 Å². The molecule has 2 N–H and O–H groups in total. The molecule has 9 heteroatoms. The Labute approximate surface area is 113 Å². The van der Waals surface area contributed by atoms with Crippen LogP contribution in [0.2, 0.25) is 0 Å². The van der Waals surface area contributed by atoms with Crippen LogP contribution in [0.25, 0.3) is 0 Å². The summed E-state index contributed by atoms with van der Waals surface area (Å²) in [6, 6.07) is -1.29. The van der Waals surface area contributed by atoms with Gasteiger partial charge in [-0.3, -0.25) is 4.79 Å². The molecule has 1 aliphatic rings. The summed E-state index contributed by atoms with van der Waals surface area (Å²) in [4.78, 5) is 11.1. The lowest BCUT2D eigenvalue weighted by Crippen LogP contribution is -2.51. The van der Waals surface area contributed by atoms with E-state index in [2.05, 4.69) is 4.72 Å². The molecule has 1 saturated heterocycles. The second kappa shape index (κ2) is 5.02. The minimum Gasteiger partial charge on any atom is -0.480 e. The maximum Gasteiger partial charge on any atom is 0.322 e. The quantitative estimate of drug-likeness (QED) is 0.728. The van der Waals surface area contributed by atoms with E-state index in [0.717, 1.165) is 0 Å². The highest BCUT2D eigenvalue weighted by Gasteiger charge is 2.41. The first-order valence-corrected chi connectivity index (χ1v) is 9.16. The summed E-state index contributed by atoms with van der Waals surface area (Å²) < 4.78 is 48.8. The first-order chi connectivity index (χ1) is 8.35.